The van der Waals surface area contributed by atoms with Crippen LogP contribution in [0.2, 0.25) is 0 Å². The van der Waals surface area contributed by atoms with Gasteiger partial charge in [0.2, 0.25) is 5.78 Å². The van der Waals surface area contributed by atoms with E-state index in [1.807, 2.05) is 46.9 Å². The fourth-order valence-corrected chi connectivity index (χ4v) is 4.13. The van der Waals surface area contributed by atoms with Gasteiger partial charge in [0.05, 0.1) is 24.2 Å². The fourth-order valence-electron chi connectivity index (χ4n) is 4.13. The molecule has 5 aromatic rings. The maximum atomic E-state index is 13.1. The van der Waals surface area contributed by atoms with Crippen LogP contribution in [0.4, 0.5) is 0 Å². The quantitative estimate of drug-likeness (QED) is 0.462. The van der Waals surface area contributed by atoms with Crippen molar-refractivity contribution in [3.63, 3.8) is 0 Å². The summed E-state index contributed by atoms with van der Waals surface area (Å²) in [5.74, 6) is 1.39. The third-order valence-corrected chi connectivity index (χ3v) is 5.57. The Labute approximate surface area is 171 Å². The molecule has 0 atom stereocenters. The Hall–Kier alpha value is -3.81. The van der Waals surface area contributed by atoms with Gasteiger partial charge in [0.1, 0.15) is 5.76 Å². The monoisotopic (exact) mass is 403 g/mol. The van der Waals surface area contributed by atoms with E-state index in [9.17, 15) is 9.59 Å². The molecule has 0 unspecified atom stereocenters. The van der Waals surface area contributed by atoms with Crippen LogP contribution in [0, 0.1) is 0 Å². The number of fused-ring (bicyclic) bond motifs is 3. The zero-order valence-electron chi connectivity index (χ0n) is 17.0. The minimum Gasteiger partial charge on any atom is -0.467 e. The van der Waals surface area contributed by atoms with Gasteiger partial charge in [-0.1, -0.05) is 37.3 Å². The minimum atomic E-state index is -0.396. The molecule has 0 N–H and O–H groups in total. The molecule has 0 fully saturated rings. The summed E-state index contributed by atoms with van der Waals surface area (Å²) in [6.45, 7) is 2.51. The van der Waals surface area contributed by atoms with Gasteiger partial charge in [-0.2, -0.15) is 4.98 Å². The number of imidazole rings is 2. The number of hydrogen-bond donors (Lipinski definition) is 0. The number of furan rings is 1. The van der Waals surface area contributed by atoms with Crippen molar-refractivity contribution in [2.75, 3.05) is 0 Å². The lowest BCUT2D eigenvalue weighted by molar-refractivity contribution is 0.496. The number of benzene rings is 1. The number of nitrogens with zero attached hydrogens (tertiary/aromatic N) is 5. The molecule has 8 nitrogen and oxygen atoms in total. The molecule has 30 heavy (non-hydrogen) atoms. The first-order chi connectivity index (χ1) is 14.5. The van der Waals surface area contributed by atoms with Gasteiger partial charge < -0.3 is 8.98 Å². The number of hydrogen-bond acceptors (Lipinski definition) is 4. The zero-order valence-corrected chi connectivity index (χ0v) is 17.0. The second kappa shape index (κ2) is 6.62. The Balaban J connectivity index is 1.98. The molecule has 0 saturated carbocycles. The first kappa shape index (κ1) is 18.2. The molecule has 0 aliphatic rings. The smallest absolute Gasteiger partial charge is 0.332 e. The SMILES string of the molecule is CCc1c(-c2ccccc2)n(Cc2ccco2)c2nc3c(c(=O)n(C)c(=O)n3C)n12. The van der Waals surface area contributed by atoms with Crippen LogP contribution in [0.15, 0.2) is 62.7 Å². The second-order valence-electron chi connectivity index (χ2n) is 7.31. The standard InChI is InChI=1S/C22H21N5O3/c1-4-16-17(14-9-6-5-7-10-14)26(13-15-11-8-12-30-15)21-23-19-18(27(16)21)20(28)25(3)22(29)24(19)2/h5-12H,4,13H2,1-3H3. The highest BCUT2D eigenvalue weighted by atomic mass is 16.3. The predicted molar refractivity (Wildman–Crippen MR) is 114 cm³/mol. The highest BCUT2D eigenvalue weighted by molar-refractivity contribution is 5.80. The summed E-state index contributed by atoms with van der Waals surface area (Å²) in [5.41, 5.74) is 3.00. The van der Waals surface area contributed by atoms with E-state index in [0.717, 1.165) is 27.3 Å². The highest BCUT2D eigenvalue weighted by Crippen LogP contribution is 2.31. The summed E-state index contributed by atoms with van der Waals surface area (Å²) >= 11 is 0. The van der Waals surface area contributed by atoms with E-state index in [0.29, 0.717) is 29.9 Å². The molecule has 4 aromatic heterocycles. The van der Waals surface area contributed by atoms with Gasteiger partial charge in [-0.05, 0) is 18.6 Å². The van der Waals surface area contributed by atoms with Crippen molar-refractivity contribution >= 4 is 16.9 Å². The molecule has 152 valence electrons. The molecule has 0 spiro atoms. The van der Waals surface area contributed by atoms with Crippen molar-refractivity contribution in [1.82, 2.24) is 23.1 Å². The van der Waals surface area contributed by atoms with Crippen molar-refractivity contribution in [2.24, 2.45) is 14.1 Å². The third kappa shape index (κ3) is 2.43. The van der Waals surface area contributed by atoms with Gasteiger partial charge in [0.25, 0.3) is 5.56 Å². The molecule has 5 rings (SSSR count). The first-order valence-electron chi connectivity index (χ1n) is 9.80. The Morgan fingerprint density at radius 1 is 1.00 bits per heavy atom. The van der Waals surface area contributed by atoms with Gasteiger partial charge in [-0.25, -0.2) is 4.79 Å². The zero-order chi connectivity index (χ0) is 21.0. The Bertz CT molecular complexity index is 1500. The molecule has 8 heteroatoms. The molecule has 0 aliphatic carbocycles. The maximum Gasteiger partial charge on any atom is 0.332 e. The normalized spacial score (nSPS) is 11.7. The predicted octanol–water partition coefficient (Wildman–Crippen LogP) is 2.56. The summed E-state index contributed by atoms with van der Waals surface area (Å²) in [7, 11) is 3.13. The Morgan fingerprint density at radius 3 is 2.43 bits per heavy atom. The van der Waals surface area contributed by atoms with E-state index in [-0.39, 0.29) is 5.56 Å². The second-order valence-corrected chi connectivity index (χ2v) is 7.31. The van der Waals surface area contributed by atoms with E-state index in [1.54, 1.807) is 13.3 Å². The average molecular weight is 403 g/mol. The van der Waals surface area contributed by atoms with Crippen molar-refractivity contribution in [2.45, 2.75) is 19.9 Å². The van der Waals surface area contributed by atoms with E-state index < -0.39 is 5.69 Å². The highest BCUT2D eigenvalue weighted by Gasteiger charge is 2.25. The van der Waals surface area contributed by atoms with Gasteiger partial charge in [0, 0.05) is 19.7 Å². The van der Waals surface area contributed by atoms with Crippen molar-refractivity contribution in [3.05, 3.63) is 81.0 Å². The average Bonchev–Trinajstić information content (AvgIpc) is 3.47. The van der Waals surface area contributed by atoms with Crippen molar-refractivity contribution < 1.29 is 4.42 Å². The van der Waals surface area contributed by atoms with E-state index in [4.69, 9.17) is 9.40 Å². The van der Waals surface area contributed by atoms with Crippen LogP contribution in [0.3, 0.4) is 0 Å². The Kier molecular flexibility index (Phi) is 4.02. The molecule has 1 aromatic carbocycles. The summed E-state index contributed by atoms with van der Waals surface area (Å²) in [4.78, 5) is 30.3. The minimum absolute atomic E-state index is 0.356. The molecule has 0 bridgehead atoms. The van der Waals surface area contributed by atoms with Gasteiger partial charge in [0.15, 0.2) is 11.2 Å². The largest absolute Gasteiger partial charge is 0.467 e. The van der Waals surface area contributed by atoms with Crippen LogP contribution in [-0.4, -0.2) is 23.1 Å². The lowest BCUT2D eigenvalue weighted by Gasteiger charge is -2.10. The lowest BCUT2D eigenvalue weighted by Crippen LogP contribution is -2.37. The van der Waals surface area contributed by atoms with Crippen LogP contribution in [0.5, 0.6) is 0 Å². The number of aryl methyl sites for hydroxylation is 2. The Morgan fingerprint density at radius 2 is 1.77 bits per heavy atom. The number of rotatable bonds is 4. The first-order valence-corrected chi connectivity index (χ1v) is 9.80. The summed E-state index contributed by atoms with van der Waals surface area (Å²) < 4.78 is 12.1. The van der Waals surface area contributed by atoms with Gasteiger partial charge >= 0.3 is 5.69 Å². The molecule has 0 aliphatic heterocycles. The van der Waals surface area contributed by atoms with E-state index in [2.05, 4.69) is 11.5 Å². The van der Waals surface area contributed by atoms with Crippen LogP contribution in [-0.2, 0) is 27.1 Å². The lowest BCUT2D eigenvalue weighted by atomic mass is 10.1. The third-order valence-electron chi connectivity index (χ3n) is 5.57. The molecular weight excluding hydrogens is 382 g/mol. The van der Waals surface area contributed by atoms with Gasteiger partial charge in [-0.3, -0.25) is 18.3 Å². The van der Waals surface area contributed by atoms with Gasteiger partial charge in [-0.15, -0.1) is 0 Å². The van der Waals surface area contributed by atoms with Crippen molar-refractivity contribution in [3.8, 4) is 11.3 Å². The van der Waals surface area contributed by atoms with Crippen LogP contribution < -0.4 is 11.2 Å². The van der Waals surface area contributed by atoms with Crippen LogP contribution in [0.1, 0.15) is 18.4 Å². The van der Waals surface area contributed by atoms with E-state index in [1.165, 1.54) is 11.6 Å². The molecule has 0 radical (unpaired) electrons. The summed E-state index contributed by atoms with van der Waals surface area (Å²) in [5, 5.41) is 0. The summed E-state index contributed by atoms with van der Waals surface area (Å²) in [6, 6.07) is 13.8. The van der Waals surface area contributed by atoms with Crippen LogP contribution >= 0.6 is 0 Å². The summed E-state index contributed by atoms with van der Waals surface area (Å²) in [6.07, 6.45) is 2.32. The topological polar surface area (TPSA) is 79.4 Å². The maximum absolute atomic E-state index is 13.1. The number of aromatic nitrogens is 5. The van der Waals surface area contributed by atoms with Crippen molar-refractivity contribution in [1.29, 1.82) is 0 Å². The van der Waals surface area contributed by atoms with E-state index >= 15 is 0 Å². The van der Waals surface area contributed by atoms with Crippen LogP contribution in [0.25, 0.3) is 28.2 Å². The fraction of sp³-hybridized carbons (Fsp3) is 0.227. The molecule has 0 saturated heterocycles. The molecule has 4 heterocycles. The molecular formula is C22H21N5O3. The molecule has 0 amide bonds.